The number of ether oxygens (including phenoxy) is 1. The van der Waals surface area contributed by atoms with E-state index >= 15 is 0 Å². The first-order valence-electron chi connectivity index (χ1n) is 6.91. The number of likely N-dealkylation sites (N-methyl/N-ethyl adjacent to an activating group) is 2. The summed E-state index contributed by atoms with van der Waals surface area (Å²) in [6.45, 7) is 4.07. The van der Waals surface area contributed by atoms with Gasteiger partial charge in [-0.3, -0.25) is 0 Å². The fourth-order valence-electron chi connectivity index (χ4n) is 2.99. The molecule has 0 amide bonds. The molecule has 100 valence electrons. The average molecular weight is 241 g/mol. The molecule has 2 fully saturated rings. The molecule has 1 heterocycles. The zero-order valence-electron chi connectivity index (χ0n) is 11.3. The summed E-state index contributed by atoms with van der Waals surface area (Å²) in [7, 11) is 4.41. The zero-order chi connectivity index (χ0) is 12.3. The van der Waals surface area contributed by atoms with Crippen molar-refractivity contribution in [1.82, 2.24) is 9.80 Å². The van der Waals surface area contributed by atoms with Gasteiger partial charge in [-0.1, -0.05) is 0 Å². The van der Waals surface area contributed by atoms with Crippen LogP contribution in [0.2, 0.25) is 0 Å². The van der Waals surface area contributed by atoms with Gasteiger partial charge in [-0.2, -0.15) is 0 Å². The van der Waals surface area contributed by atoms with Gasteiger partial charge in [-0.05, 0) is 39.8 Å². The zero-order valence-corrected chi connectivity index (χ0v) is 11.3. The first-order valence-corrected chi connectivity index (χ1v) is 6.91. The Morgan fingerprint density at radius 3 is 2.65 bits per heavy atom. The maximum absolute atomic E-state index is 5.95. The van der Waals surface area contributed by atoms with Crippen molar-refractivity contribution in [3.8, 4) is 0 Å². The maximum Gasteiger partial charge on any atom is 0.0829 e. The van der Waals surface area contributed by atoms with Crippen LogP contribution in [0.5, 0.6) is 0 Å². The van der Waals surface area contributed by atoms with Gasteiger partial charge in [0.1, 0.15) is 0 Å². The third kappa shape index (κ3) is 3.91. The van der Waals surface area contributed by atoms with Gasteiger partial charge in [0.05, 0.1) is 12.7 Å². The SMILES string of the molecule is CN1CCOC(CN(C)C2CCC(N)CC2)C1. The molecule has 1 saturated carbocycles. The Kier molecular flexibility index (Phi) is 4.79. The van der Waals surface area contributed by atoms with Crippen LogP contribution in [0.3, 0.4) is 0 Å². The van der Waals surface area contributed by atoms with E-state index in [4.69, 9.17) is 10.5 Å². The minimum atomic E-state index is 0.384. The minimum Gasteiger partial charge on any atom is -0.374 e. The molecular formula is C13H27N3O. The van der Waals surface area contributed by atoms with Gasteiger partial charge in [0, 0.05) is 31.7 Å². The van der Waals surface area contributed by atoms with Crippen molar-refractivity contribution >= 4 is 0 Å². The second-order valence-electron chi connectivity index (χ2n) is 5.76. The predicted molar refractivity (Wildman–Crippen MR) is 70.1 cm³/mol. The highest BCUT2D eigenvalue weighted by Crippen LogP contribution is 2.21. The minimum absolute atomic E-state index is 0.384. The monoisotopic (exact) mass is 241 g/mol. The van der Waals surface area contributed by atoms with E-state index in [0.29, 0.717) is 18.2 Å². The number of nitrogens with zero attached hydrogens (tertiary/aromatic N) is 2. The molecule has 2 N–H and O–H groups in total. The van der Waals surface area contributed by atoms with Crippen molar-refractivity contribution in [2.75, 3.05) is 40.3 Å². The third-order valence-corrected chi connectivity index (χ3v) is 4.20. The van der Waals surface area contributed by atoms with Gasteiger partial charge in [-0.15, -0.1) is 0 Å². The van der Waals surface area contributed by atoms with Crippen LogP contribution in [0.1, 0.15) is 25.7 Å². The van der Waals surface area contributed by atoms with Crippen LogP contribution in [-0.4, -0.2) is 68.3 Å². The second kappa shape index (κ2) is 6.14. The van der Waals surface area contributed by atoms with Gasteiger partial charge in [0.15, 0.2) is 0 Å². The van der Waals surface area contributed by atoms with Crippen LogP contribution in [0.4, 0.5) is 0 Å². The molecule has 4 nitrogen and oxygen atoms in total. The summed E-state index contributed by atoms with van der Waals surface area (Å²) in [5.74, 6) is 0. The van der Waals surface area contributed by atoms with Crippen molar-refractivity contribution in [1.29, 1.82) is 0 Å². The Balaban J connectivity index is 1.74. The Morgan fingerprint density at radius 2 is 2.00 bits per heavy atom. The molecule has 2 rings (SSSR count). The van der Waals surface area contributed by atoms with Crippen LogP contribution in [0.25, 0.3) is 0 Å². The van der Waals surface area contributed by atoms with Gasteiger partial charge in [0.2, 0.25) is 0 Å². The molecule has 0 aromatic rings. The molecule has 0 aromatic carbocycles. The van der Waals surface area contributed by atoms with Gasteiger partial charge in [0.25, 0.3) is 0 Å². The molecule has 0 aromatic heterocycles. The van der Waals surface area contributed by atoms with E-state index in [1.807, 2.05) is 0 Å². The summed E-state index contributed by atoms with van der Waals surface area (Å²) in [4.78, 5) is 4.84. The normalized spacial score (nSPS) is 36.4. The molecular weight excluding hydrogens is 214 g/mol. The molecule has 2 aliphatic rings. The smallest absolute Gasteiger partial charge is 0.0829 e. The summed E-state index contributed by atoms with van der Waals surface area (Å²) in [5, 5.41) is 0. The highest BCUT2D eigenvalue weighted by molar-refractivity contribution is 4.82. The standard InChI is InChI=1S/C13H27N3O/c1-15-7-8-17-13(9-15)10-16(2)12-5-3-11(14)4-6-12/h11-13H,3-10,14H2,1-2H3. The largest absolute Gasteiger partial charge is 0.374 e. The van der Waals surface area contributed by atoms with Gasteiger partial charge in [-0.25, -0.2) is 0 Å². The molecule has 1 atom stereocenters. The number of rotatable bonds is 3. The lowest BCUT2D eigenvalue weighted by Gasteiger charge is -2.37. The van der Waals surface area contributed by atoms with Crippen molar-refractivity contribution in [2.45, 2.75) is 43.9 Å². The van der Waals surface area contributed by atoms with Gasteiger partial charge < -0.3 is 20.3 Å². The molecule has 1 saturated heterocycles. The second-order valence-corrected chi connectivity index (χ2v) is 5.76. The first kappa shape index (κ1) is 13.3. The number of hydrogen-bond donors (Lipinski definition) is 1. The van der Waals surface area contributed by atoms with Crippen molar-refractivity contribution in [3.05, 3.63) is 0 Å². The van der Waals surface area contributed by atoms with E-state index in [0.717, 1.165) is 26.2 Å². The fourth-order valence-corrected chi connectivity index (χ4v) is 2.99. The summed E-state index contributed by atoms with van der Waals surface area (Å²) < 4.78 is 5.82. The summed E-state index contributed by atoms with van der Waals surface area (Å²) >= 11 is 0. The molecule has 4 heteroatoms. The highest BCUT2D eigenvalue weighted by Gasteiger charge is 2.25. The Morgan fingerprint density at radius 1 is 1.29 bits per heavy atom. The number of hydrogen-bond acceptors (Lipinski definition) is 4. The Bertz CT molecular complexity index is 229. The molecule has 1 aliphatic carbocycles. The molecule has 0 spiro atoms. The quantitative estimate of drug-likeness (QED) is 0.782. The van der Waals surface area contributed by atoms with E-state index in [9.17, 15) is 0 Å². The number of nitrogens with two attached hydrogens (primary N) is 1. The predicted octanol–water partition coefficient (Wildman–Crippen LogP) is 0.519. The van der Waals surface area contributed by atoms with E-state index in [2.05, 4.69) is 23.9 Å². The molecule has 0 bridgehead atoms. The van der Waals surface area contributed by atoms with Crippen LogP contribution < -0.4 is 5.73 Å². The van der Waals surface area contributed by atoms with E-state index in [1.54, 1.807) is 0 Å². The Labute approximate surface area is 105 Å². The van der Waals surface area contributed by atoms with Gasteiger partial charge >= 0.3 is 0 Å². The van der Waals surface area contributed by atoms with E-state index in [-0.39, 0.29) is 0 Å². The highest BCUT2D eigenvalue weighted by atomic mass is 16.5. The van der Waals surface area contributed by atoms with Crippen molar-refractivity contribution < 1.29 is 4.74 Å². The average Bonchev–Trinajstić information content (AvgIpc) is 2.29. The lowest BCUT2D eigenvalue weighted by molar-refractivity contribution is -0.0393. The lowest BCUT2D eigenvalue weighted by atomic mass is 9.91. The molecule has 1 unspecified atom stereocenters. The lowest BCUT2D eigenvalue weighted by Crippen LogP contribution is -2.48. The summed E-state index contributed by atoms with van der Waals surface area (Å²) in [5.41, 5.74) is 5.95. The first-order chi connectivity index (χ1) is 8.15. The third-order valence-electron chi connectivity index (χ3n) is 4.20. The topological polar surface area (TPSA) is 41.7 Å². The van der Waals surface area contributed by atoms with Crippen molar-refractivity contribution in [2.24, 2.45) is 5.73 Å². The van der Waals surface area contributed by atoms with Crippen LogP contribution in [0, 0.1) is 0 Å². The van der Waals surface area contributed by atoms with E-state index in [1.165, 1.54) is 25.7 Å². The van der Waals surface area contributed by atoms with Crippen LogP contribution >= 0.6 is 0 Å². The molecule has 1 aliphatic heterocycles. The maximum atomic E-state index is 5.95. The molecule has 0 radical (unpaired) electrons. The summed E-state index contributed by atoms with van der Waals surface area (Å²) in [6, 6.07) is 1.15. The van der Waals surface area contributed by atoms with Crippen molar-refractivity contribution in [3.63, 3.8) is 0 Å². The Hall–Kier alpha value is -0.160. The number of morpholine rings is 1. The van der Waals surface area contributed by atoms with E-state index < -0.39 is 0 Å². The molecule has 17 heavy (non-hydrogen) atoms. The van der Waals surface area contributed by atoms with Crippen LogP contribution in [-0.2, 0) is 4.74 Å². The van der Waals surface area contributed by atoms with Crippen LogP contribution in [0.15, 0.2) is 0 Å². The summed E-state index contributed by atoms with van der Waals surface area (Å²) in [6.07, 6.45) is 5.25. The fraction of sp³-hybridized carbons (Fsp3) is 1.00.